The number of rotatable bonds is 6. The second-order valence-corrected chi connectivity index (χ2v) is 6.85. The molecule has 17 heavy (non-hydrogen) atoms. The smallest absolute Gasteiger partial charge is 0.0247 e. The van der Waals surface area contributed by atoms with Crippen molar-refractivity contribution in [1.82, 2.24) is 10.2 Å². The van der Waals surface area contributed by atoms with Gasteiger partial charge in [-0.05, 0) is 25.0 Å². The van der Waals surface area contributed by atoms with Crippen molar-refractivity contribution in [2.24, 2.45) is 5.92 Å². The fourth-order valence-electron chi connectivity index (χ4n) is 2.64. The van der Waals surface area contributed by atoms with Crippen molar-refractivity contribution in [3.63, 3.8) is 0 Å². The van der Waals surface area contributed by atoms with Gasteiger partial charge in [-0.3, -0.25) is 4.90 Å². The van der Waals surface area contributed by atoms with E-state index < -0.39 is 0 Å². The van der Waals surface area contributed by atoms with Gasteiger partial charge in [0.2, 0.25) is 0 Å². The number of nitrogens with one attached hydrogen (secondary N) is 1. The minimum Gasteiger partial charge on any atom is -0.311 e. The molecule has 0 saturated carbocycles. The molecule has 3 atom stereocenters. The Kier molecular flexibility index (Phi) is 6.90. The van der Waals surface area contributed by atoms with Gasteiger partial charge in [0.25, 0.3) is 0 Å². The fraction of sp³-hybridized carbons (Fsp3) is 1.00. The van der Waals surface area contributed by atoms with Gasteiger partial charge < -0.3 is 5.32 Å². The average molecular weight is 258 g/mol. The van der Waals surface area contributed by atoms with Crippen LogP contribution >= 0.6 is 11.8 Å². The molecular formula is C14H30N2S. The first kappa shape index (κ1) is 15.3. The van der Waals surface area contributed by atoms with Crippen molar-refractivity contribution >= 4 is 11.8 Å². The zero-order valence-corrected chi connectivity index (χ0v) is 13.0. The van der Waals surface area contributed by atoms with Crippen molar-refractivity contribution in [3.8, 4) is 0 Å². The van der Waals surface area contributed by atoms with Crippen LogP contribution in [-0.2, 0) is 0 Å². The molecule has 1 aliphatic heterocycles. The lowest BCUT2D eigenvalue weighted by atomic mass is 9.96. The SMILES string of the molecule is CCSCC(C)N1CC(CC)NCC1C(C)C. The molecule has 0 aromatic heterocycles. The highest BCUT2D eigenvalue weighted by Gasteiger charge is 2.31. The van der Waals surface area contributed by atoms with E-state index >= 15 is 0 Å². The van der Waals surface area contributed by atoms with Crippen LogP contribution in [0, 0.1) is 5.92 Å². The summed E-state index contributed by atoms with van der Waals surface area (Å²) in [6, 6.07) is 2.12. The summed E-state index contributed by atoms with van der Waals surface area (Å²) in [6.45, 7) is 14.0. The van der Waals surface area contributed by atoms with Crippen LogP contribution in [0.5, 0.6) is 0 Å². The van der Waals surface area contributed by atoms with Gasteiger partial charge in [-0.1, -0.05) is 27.7 Å². The van der Waals surface area contributed by atoms with E-state index in [9.17, 15) is 0 Å². The monoisotopic (exact) mass is 258 g/mol. The number of hydrogen-bond donors (Lipinski definition) is 1. The summed E-state index contributed by atoms with van der Waals surface area (Å²) < 4.78 is 0. The molecular weight excluding hydrogens is 228 g/mol. The number of hydrogen-bond acceptors (Lipinski definition) is 3. The van der Waals surface area contributed by atoms with E-state index in [0.717, 1.165) is 12.5 Å². The van der Waals surface area contributed by atoms with E-state index in [1.807, 2.05) is 0 Å². The van der Waals surface area contributed by atoms with E-state index in [0.29, 0.717) is 18.1 Å². The van der Waals surface area contributed by atoms with Crippen LogP contribution in [0.15, 0.2) is 0 Å². The lowest BCUT2D eigenvalue weighted by Gasteiger charge is -2.45. The summed E-state index contributed by atoms with van der Waals surface area (Å²) in [5.74, 6) is 3.25. The Labute approximate surface area is 112 Å². The highest BCUT2D eigenvalue weighted by atomic mass is 32.2. The Hall–Kier alpha value is 0.270. The Morgan fingerprint density at radius 2 is 2.00 bits per heavy atom. The predicted molar refractivity (Wildman–Crippen MR) is 79.9 cm³/mol. The van der Waals surface area contributed by atoms with Gasteiger partial charge >= 0.3 is 0 Å². The molecule has 3 unspecified atom stereocenters. The summed E-state index contributed by atoms with van der Waals surface area (Å²) in [7, 11) is 0. The molecule has 0 bridgehead atoms. The first-order valence-corrected chi connectivity index (χ1v) is 8.32. The minimum atomic E-state index is 0.694. The molecule has 0 spiro atoms. The van der Waals surface area contributed by atoms with Gasteiger partial charge in [-0.2, -0.15) is 11.8 Å². The largest absolute Gasteiger partial charge is 0.311 e. The molecule has 1 rings (SSSR count). The second kappa shape index (κ2) is 7.65. The molecule has 1 saturated heterocycles. The lowest BCUT2D eigenvalue weighted by molar-refractivity contribution is 0.0700. The zero-order valence-electron chi connectivity index (χ0n) is 12.2. The minimum absolute atomic E-state index is 0.694. The van der Waals surface area contributed by atoms with E-state index in [2.05, 4.69) is 56.6 Å². The average Bonchev–Trinajstić information content (AvgIpc) is 2.34. The maximum Gasteiger partial charge on any atom is 0.0247 e. The summed E-state index contributed by atoms with van der Waals surface area (Å²) in [5.41, 5.74) is 0. The van der Waals surface area contributed by atoms with Crippen molar-refractivity contribution in [2.75, 3.05) is 24.6 Å². The maximum absolute atomic E-state index is 3.69. The molecule has 1 aliphatic rings. The van der Waals surface area contributed by atoms with E-state index in [1.165, 1.54) is 24.5 Å². The first-order valence-electron chi connectivity index (χ1n) is 7.16. The summed E-state index contributed by atoms with van der Waals surface area (Å²) >= 11 is 2.07. The normalized spacial score (nSPS) is 28.6. The van der Waals surface area contributed by atoms with Crippen LogP contribution in [0.4, 0.5) is 0 Å². The molecule has 0 aromatic carbocycles. The van der Waals surface area contributed by atoms with E-state index in [1.54, 1.807) is 0 Å². The molecule has 102 valence electrons. The molecule has 2 nitrogen and oxygen atoms in total. The highest BCUT2D eigenvalue weighted by molar-refractivity contribution is 7.99. The highest BCUT2D eigenvalue weighted by Crippen LogP contribution is 2.21. The summed E-state index contributed by atoms with van der Waals surface area (Å²) in [4.78, 5) is 2.75. The van der Waals surface area contributed by atoms with Crippen molar-refractivity contribution in [1.29, 1.82) is 0 Å². The van der Waals surface area contributed by atoms with Crippen LogP contribution < -0.4 is 5.32 Å². The van der Waals surface area contributed by atoms with Gasteiger partial charge in [0.1, 0.15) is 0 Å². The van der Waals surface area contributed by atoms with E-state index in [4.69, 9.17) is 0 Å². The Morgan fingerprint density at radius 1 is 1.29 bits per heavy atom. The molecule has 0 amide bonds. The molecule has 0 aliphatic carbocycles. The first-order chi connectivity index (χ1) is 8.10. The standard InChI is InChI=1S/C14H30N2S/c1-6-13-9-16(12(5)10-17-7-2)14(8-15-13)11(3)4/h11-15H,6-10H2,1-5H3. The Balaban J connectivity index is 2.59. The topological polar surface area (TPSA) is 15.3 Å². The second-order valence-electron chi connectivity index (χ2n) is 5.53. The predicted octanol–water partition coefficient (Wildman–Crippen LogP) is 2.84. The quantitative estimate of drug-likeness (QED) is 0.789. The molecule has 0 aromatic rings. The van der Waals surface area contributed by atoms with Gasteiger partial charge in [-0.25, -0.2) is 0 Å². The number of nitrogens with zero attached hydrogens (tertiary/aromatic N) is 1. The van der Waals surface area contributed by atoms with Crippen LogP contribution in [0.1, 0.15) is 41.0 Å². The van der Waals surface area contributed by atoms with Crippen LogP contribution in [0.25, 0.3) is 0 Å². The summed E-state index contributed by atoms with van der Waals surface area (Å²) in [6.07, 6.45) is 1.24. The summed E-state index contributed by atoms with van der Waals surface area (Å²) in [5, 5.41) is 3.69. The zero-order chi connectivity index (χ0) is 12.8. The van der Waals surface area contributed by atoms with Crippen LogP contribution in [-0.4, -0.2) is 47.6 Å². The van der Waals surface area contributed by atoms with Gasteiger partial charge in [0, 0.05) is 37.0 Å². The van der Waals surface area contributed by atoms with E-state index in [-0.39, 0.29) is 0 Å². The van der Waals surface area contributed by atoms with Crippen LogP contribution in [0.3, 0.4) is 0 Å². The third-order valence-corrected chi connectivity index (χ3v) is 4.99. The molecule has 1 heterocycles. The fourth-order valence-corrected chi connectivity index (χ4v) is 3.41. The molecule has 3 heteroatoms. The van der Waals surface area contributed by atoms with Crippen LogP contribution in [0.2, 0.25) is 0 Å². The Morgan fingerprint density at radius 3 is 2.53 bits per heavy atom. The molecule has 0 radical (unpaired) electrons. The lowest BCUT2D eigenvalue weighted by Crippen LogP contribution is -2.60. The number of piperazine rings is 1. The van der Waals surface area contributed by atoms with Crippen molar-refractivity contribution in [2.45, 2.75) is 59.2 Å². The third kappa shape index (κ3) is 4.46. The van der Waals surface area contributed by atoms with Gasteiger partial charge in [0.05, 0.1) is 0 Å². The maximum atomic E-state index is 3.69. The van der Waals surface area contributed by atoms with Crippen molar-refractivity contribution < 1.29 is 0 Å². The van der Waals surface area contributed by atoms with Crippen molar-refractivity contribution in [3.05, 3.63) is 0 Å². The molecule has 1 fully saturated rings. The number of thioether (sulfide) groups is 1. The van der Waals surface area contributed by atoms with Gasteiger partial charge in [-0.15, -0.1) is 0 Å². The van der Waals surface area contributed by atoms with Gasteiger partial charge in [0.15, 0.2) is 0 Å². The Bertz CT molecular complexity index is 208. The third-order valence-electron chi connectivity index (χ3n) is 3.86. The molecule has 1 N–H and O–H groups in total.